The van der Waals surface area contributed by atoms with E-state index in [1.165, 1.54) is 13.2 Å². The predicted octanol–water partition coefficient (Wildman–Crippen LogP) is -0.667. The van der Waals surface area contributed by atoms with Crippen LogP contribution in [0.4, 0.5) is 0 Å². The van der Waals surface area contributed by atoms with E-state index in [-0.39, 0.29) is 12.5 Å². The summed E-state index contributed by atoms with van der Waals surface area (Å²) >= 11 is 0. The Morgan fingerprint density at radius 3 is 2.61 bits per heavy atom. The summed E-state index contributed by atoms with van der Waals surface area (Å²) in [7, 11) is 1.19. The Kier molecular flexibility index (Phi) is 4.67. The van der Waals surface area contributed by atoms with Crippen LogP contribution < -0.4 is 10.6 Å². The van der Waals surface area contributed by atoms with Crippen LogP contribution in [0, 0.1) is 0 Å². The van der Waals surface area contributed by atoms with E-state index in [0.717, 1.165) is 12.2 Å². The van der Waals surface area contributed by atoms with Crippen LogP contribution in [0.3, 0.4) is 0 Å². The molecule has 0 atom stereocenters. The number of nitrogens with one attached hydrogen (secondary N) is 2. The largest absolute Gasteiger partial charge is 0.466 e. The van der Waals surface area contributed by atoms with E-state index >= 15 is 0 Å². The van der Waals surface area contributed by atoms with E-state index in [1.54, 1.807) is 0 Å². The zero-order chi connectivity index (χ0) is 13.5. The second-order valence-corrected chi connectivity index (χ2v) is 3.23. The molecule has 0 aromatic heterocycles. The zero-order valence-corrected chi connectivity index (χ0v) is 9.69. The lowest BCUT2D eigenvalue weighted by Crippen LogP contribution is -2.36. The highest BCUT2D eigenvalue weighted by Gasteiger charge is 2.12. The van der Waals surface area contributed by atoms with Gasteiger partial charge in [-0.2, -0.15) is 0 Å². The minimum Gasteiger partial charge on any atom is -0.466 e. The second kappa shape index (κ2) is 6.24. The van der Waals surface area contributed by atoms with Gasteiger partial charge in [-0.25, -0.2) is 9.59 Å². The molecule has 1 rings (SSSR count). The standard InChI is InChI=1S/C11H12N2O5/c1-7-12-8(5-9(14)13-7)6-18-11(16)4-3-10(15)17-2/h3-5,12H,1,6H2,2H3,(H,13,14)/b4-3+. The van der Waals surface area contributed by atoms with Crippen molar-refractivity contribution in [3.05, 3.63) is 36.3 Å². The molecular weight excluding hydrogens is 240 g/mol. The van der Waals surface area contributed by atoms with Gasteiger partial charge in [-0.3, -0.25) is 4.79 Å². The molecule has 0 aliphatic carbocycles. The number of carbonyl (C=O) groups excluding carboxylic acids is 3. The fourth-order valence-corrected chi connectivity index (χ4v) is 1.08. The van der Waals surface area contributed by atoms with Crippen molar-refractivity contribution in [2.24, 2.45) is 0 Å². The molecule has 0 aromatic rings. The summed E-state index contributed by atoms with van der Waals surface area (Å²) < 4.78 is 9.09. The van der Waals surface area contributed by atoms with Crippen LogP contribution in [0.2, 0.25) is 0 Å². The molecule has 18 heavy (non-hydrogen) atoms. The lowest BCUT2D eigenvalue weighted by molar-refractivity contribution is -0.138. The smallest absolute Gasteiger partial charge is 0.331 e. The highest BCUT2D eigenvalue weighted by Crippen LogP contribution is 2.00. The third-order valence-electron chi connectivity index (χ3n) is 1.82. The van der Waals surface area contributed by atoms with Gasteiger partial charge >= 0.3 is 11.9 Å². The molecule has 7 heteroatoms. The average molecular weight is 252 g/mol. The van der Waals surface area contributed by atoms with E-state index in [1.807, 2.05) is 0 Å². The van der Waals surface area contributed by atoms with Crippen molar-refractivity contribution >= 4 is 17.8 Å². The van der Waals surface area contributed by atoms with Gasteiger partial charge in [0.1, 0.15) is 12.4 Å². The highest BCUT2D eigenvalue weighted by atomic mass is 16.5. The number of methoxy groups -OCH3 is 1. The zero-order valence-electron chi connectivity index (χ0n) is 9.69. The molecule has 0 saturated heterocycles. The topological polar surface area (TPSA) is 93.7 Å². The third kappa shape index (κ3) is 4.52. The summed E-state index contributed by atoms with van der Waals surface area (Å²) in [5, 5.41) is 5.13. The Hall–Kier alpha value is -2.57. The van der Waals surface area contributed by atoms with E-state index in [4.69, 9.17) is 4.74 Å². The number of rotatable bonds is 4. The summed E-state index contributed by atoms with van der Waals surface area (Å²) in [6, 6.07) is 0. The van der Waals surface area contributed by atoms with Gasteiger partial charge in [-0.15, -0.1) is 0 Å². The number of ether oxygens (including phenoxy) is 2. The minimum absolute atomic E-state index is 0.128. The van der Waals surface area contributed by atoms with Crippen LogP contribution in [0.1, 0.15) is 0 Å². The fraction of sp³-hybridized carbons (Fsp3) is 0.182. The lowest BCUT2D eigenvalue weighted by Gasteiger charge is -2.17. The van der Waals surface area contributed by atoms with Crippen LogP contribution in [0.25, 0.3) is 0 Å². The average Bonchev–Trinajstić information content (AvgIpc) is 2.32. The van der Waals surface area contributed by atoms with E-state index in [2.05, 4.69) is 21.9 Å². The molecule has 0 unspecified atom stereocenters. The third-order valence-corrected chi connectivity index (χ3v) is 1.82. The molecule has 2 N–H and O–H groups in total. The molecular formula is C11H12N2O5. The summed E-state index contributed by atoms with van der Waals surface area (Å²) in [6.45, 7) is 3.38. The molecule has 96 valence electrons. The van der Waals surface area contributed by atoms with E-state index < -0.39 is 11.9 Å². The van der Waals surface area contributed by atoms with Crippen LogP contribution in [0.5, 0.6) is 0 Å². The quantitative estimate of drug-likeness (QED) is 0.509. The molecule has 1 amide bonds. The maximum Gasteiger partial charge on any atom is 0.331 e. The lowest BCUT2D eigenvalue weighted by atomic mass is 10.3. The predicted molar refractivity (Wildman–Crippen MR) is 60.6 cm³/mol. The molecule has 1 aliphatic heterocycles. The first-order chi connectivity index (χ1) is 8.51. The number of hydrogen-bond donors (Lipinski definition) is 2. The molecule has 7 nitrogen and oxygen atoms in total. The van der Waals surface area contributed by atoms with Gasteiger partial charge in [0.05, 0.1) is 12.8 Å². The van der Waals surface area contributed by atoms with Gasteiger partial charge in [0.2, 0.25) is 0 Å². The fourth-order valence-electron chi connectivity index (χ4n) is 1.08. The second-order valence-electron chi connectivity index (χ2n) is 3.23. The van der Waals surface area contributed by atoms with Crippen molar-refractivity contribution in [3.8, 4) is 0 Å². The Morgan fingerprint density at radius 1 is 1.33 bits per heavy atom. The first-order valence-electron chi connectivity index (χ1n) is 4.91. The Morgan fingerprint density at radius 2 is 2.00 bits per heavy atom. The maximum absolute atomic E-state index is 11.2. The van der Waals surface area contributed by atoms with Crippen molar-refractivity contribution in [1.82, 2.24) is 10.6 Å². The molecule has 1 aliphatic rings. The minimum atomic E-state index is -0.723. The van der Waals surface area contributed by atoms with Crippen molar-refractivity contribution in [2.45, 2.75) is 0 Å². The maximum atomic E-state index is 11.2. The van der Waals surface area contributed by atoms with Gasteiger partial charge < -0.3 is 20.1 Å². The van der Waals surface area contributed by atoms with Crippen molar-refractivity contribution < 1.29 is 23.9 Å². The van der Waals surface area contributed by atoms with E-state index in [0.29, 0.717) is 11.5 Å². The summed E-state index contributed by atoms with van der Waals surface area (Å²) in [5.41, 5.74) is 0.392. The summed E-state index contributed by atoms with van der Waals surface area (Å²) in [5.74, 6) is -1.43. The molecule has 0 aromatic carbocycles. The number of amides is 1. The first kappa shape index (κ1) is 13.5. The monoisotopic (exact) mass is 252 g/mol. The molecule has 0 radical (unpaired) electrons. The highest BCUT2D eigenvalue weighted by molar-refractivity contribution is 5.92. The molecule has 0 saturated carbocycles. The van der Waals surface area contributed by atoms with Gasteiger partial charge in [0, 0.05) is 18.2 Å². The molecule has 1 heterocycles. The van der Waals surface area contributed by atoms with Gasteiger partial charge in [-0.1, -0.05) is 6.58 Å². The number of esters is 2. The Bertz CT molecular complexity index is 450. The summed E-state index contributed by atoms with van der Waals surface area (Å²) in [6.07, 6.45) is 3.12. The van der Waals surface area contributed by atoms with Crippen molar-refractivity contribution in [3.63, 3.8) is 0 Å². The SMILES string of the molecule is C=C1NC(=O)C=C(COC(=O)/C=C/C(=O)OC)N1. The van der Waals surface area contributed by atoms with Gasteiger partial charge in [0.15, 0.2) is 0 Å². The van der Waals surface area contributed by atoms with Crippen LogP contribution in [0.15, 0.2) is 36.3 Å². The normalized spacial score (nSPS) is 14.6. The molecule has 0 fully saturated rings. The summed E-state index contributed by atoms with van der Waals surface area (Å²) in [4.78, 5) is 33.0. The first-order valence-corrected chi connectivity index (χ1v) is 4.91. The Balaban J connectivity index is 2.43. The van der Waals surface area contributed by atoms with Crippen LogP contribution in [-0.2, 0) is 23.9 Å². The molecule has 0 bridgehead atoms. The van der Waals surface area contributed by atoms with Crippen LogP contribution >= 0.6 is 0 Å². The van der Waals surface area contributed by atoms with Gasteiger partial charge in [0.25, 0.3) is 5.91 Å². The van der Waals surface area contributed by atoms with Gasteiger partial charge in [-0.05, 0) is 0 Å². The van der Waals surface area contributed by atoms with Crippen molar-refractivity contribution in [1.29, 1.82) is 0 Å². The number of carbonyl (C=O) groups is 3. The Labute approximate surface area is 103 Å². The van der Waals surface area contributed by atoms with Crippen LogP contribution in [-0.4, -0.2) is 31.6 Å². The molecule has 0 spiro atoms. The number of hydrogen-bond acceptors (Lipinski definition) is 6. The van der Waals surface area contributed by atoms with E-state index in [9.17, 15) is 14.4 Å². The van der Waals surface area contributed by atoms with Crippen molar-refractivity contribution in [2.75, 3.05) is 13.7 Å².